The van der Waals surface area contributed by atoms with E-state index in [2.05, 4.69) is 24.3 Å². The molecule has 0 amide bonds. The van der Waals surface area contributed by atoms with Crippen LogP contribution in [0.5, 0.6) is 0 Å². The highest BCUT2D eigenvalue weighted by molar-refractivity contribution is 7.75. The smallest absolute Gasteiger partial charge is 0.382 e. The number of carbonyl (C=O) groups excluding carboxylic acids is 1. The molecule has 0 aliphatic carbocycles. The van der Waals surface area contributed by atoms with Crippen LogP contribution in [0.1, 0.15) is 12.5 Å². The zero-order valence-electron chi connectivity index (χ0n) is 14.1. The number of benzene rings is 3. The molecule has 25 heavy (non-hydrogen) atoms. The van der Waals surface area contributed by atoms with Crippen molar-refractivity contribution in [3.05, 3.63) is 96.6 Å². The van der Waals surface area contributed by atoms with Crippen LogP contribution in [0.2, 0.25) is 0 Å². The third-order valence-electron chi connectivity index (χ3n) is 3.77. The van der Waals surface area contributed by atoms with Crippen LogP contribution < -0.4 is 10.6 Å². The molecule has 3 aromatic rings. The van der Waals surface area contributed by atoms with Crippen LogP contribution in [0.4, 0.5) is 0 Å². The first kappa shape index (κ1) is 17.1. The molecule has 124 valence electrons. The lowest BCUT2D eigenvalue weighted by molar-refractivity contribution is -0.134. The van der Waals surface area contributed by atoms with Crippen LogP contribution in [-0.4, -0.2) is 17.9 Å². The summed E-state index contributed by atoms with van der Waals surface area (Å²) in [4.78, 5) is 12.9. The SMILES string of the molecule is CCOC(=O)C(c1ccccc1)=[P+](c1ccccc1)c1ccccc1. The molecular weight excluding hydrogens is 327 g/mol. The normalized spacial score (nSPS) is 10.1. The second-order valence-electron chi connectivity index (χ2n) is 5.44. The van der Waals surface area contributed by atoms with Crippen molar-refractivity contribution in [3.63, 3.8) is 0 Å². The van der Waals surface area contributed by atoms with Crippen molar-refractivity contribution in [1.29, 1.82) is 0 Å². The molecule has 0 N–H and O–H groups in total. The first-order chi connectivity index (χ1) is 12.3. The Morgan fingerprint density at radius 2 is 1.20 bits per heavy atom. The summed E-state index contributed by atoms with van der Waals surface area (Å²) < 4.78 is 5.42. The third kappa shape index (κ3) is 4.04. The minimum atomic E-state index is -0.999. The molecule has 0 saturated heterocycles. The number of hydrogen-bond donors (Lipinski definition) is 0. The van der Waals surface area contributed by atoms with Gasteiger partial charge in [0.25, 0.3) is 0 Å². The van der Waals surface area contributed by atoms with Gasteiger partial charge >= 0.3 is 5.97 Å². The minimum absolute atomic E-state index is 0.243. The third-order valence-corrected chi connectivity index (χ3v) is 6.29. The molecule has 2 nitrogen and oxygen atoms in total. The van der Waals surface area contributed by atoms with E-state index in [-0.39, 0.29) is 5.97 Å². The summed E-state index contributed by atoms with van der Waals surface area (Å²) in [5, 5.41) is 3.00. The lowest BCUT2D eigenvalue weighted by Crippen LogP contribution is -2.23. The Hall–Kier alpha value is -2.70. The van der Waals surface area contributed by atoms with Gasteiger partial charge in [0.05, 0.1) is 6.61 Å². The highest BCUT2D eigenvalue weighted by Gasteiger charge is 2.32. The first-order valence-corrected chi connectivity index (χ1v) is 9.65. The average molecular weight is 347 g/mol. The van der Waals surface area contributed by atoms with Gasteiger partial charge < -0.3 is 4.74 Å². The van der Waals surface area contributed by atoms with Crippen molar-refractivity contribution >= 4 is 29.4 Å². The van der Waals surface area contributed by atoms with E-state index in [9.17, 15) is 4.79 Å². The molecule has 0 heterocycles. The summed E-state index contributed by atoms with van der Waals surface area (Å²) >= 11 is 0. The Morgan fingerprint density at radius 3 is 1.64 bits per heavy atom. The summed E-state index contributed by atoms with van der Waals surface area (Å²) in [7, 11) is -0.999. The van der Waals surface area contributed by atoms with Crippen molar-refractivity contribution in [2.75, 3.05) is 6.61 Å². The van der Waals surface area contributed by atoms with Gasteiger partial charge in [0.2, 0.25) is 5.29 Å². The number of esters is 1. The highest BCUT2D eigenvalue weighted by Crippen LogP contribution is 2.28. The Labute approximate surface area is 149 Å². The maximum absolute atomic E-state index is 12.9. The molecule has 0 aliphatic heterocycles. The van der Waals surface area contributed by atoms with E-state index < -0.39 is 7.55 Å². The average Bonchev–Trinajstić information content (AvgIpc) is 2.68. The summed E-state index contributed by atoms with van der Waals surface area (Å²) in [5.74, 6) is -0.243. The van der Waals surface area contributed by atoms with Crippen LogP contribution in [0.25, 0.3) is 0 Å². The number of carbonyl (C=O) groups is 1. The van der Waals surface area contributed by atoms with E-state index in [1.165, 1.54) is 0 Å². The number of rotatable bonds is 5. The second-order valence-corrected chi connectivity index (χ2v) is 7.59. The molecule has 0 unspecified atom stereocenters. The zero-order valence-corrected chi connectivity index (χ0v) is 15.0. The Kier molecular flexibility index (Phi) is 5.77. The highest BCUT2D eigenvalue weighted by atomic mass is 31.1. The zero-order chi connectivity index (χ0) is 17.5. The lowest BCUT2D eigenvalue weighted by atomic mass is 10.1. The maximum atomic E-state index is 12.9. The molecule has 0 saturated carbocycles. The van der Waals surface area contributed by atoms with Crippen LogP contribution in [0.3, 0.4) is 0 Å². The number of hydrogen-bond acceptors (Lipinski definition) is 2. The molecular formula is C22H20O2P+. The van der Waals surface area contributed by atoms with Gasteiger partial charge in [-0.15, -0.1) is 0 Å². The van der Waals surface area contributed by atoms with Gasteiger partial charge in [-0.3, -0.25) is 0 Å². The van der Waals surface area contributed by atoms with E-state index in [1.807, 2.05) is 73.7 Å². The van der Waals surface area contributed by atoms with Gasteiger partial charge in [-0.25, -0.2) is 4.79 Å². The van der Waals surface area contributed by atoms with Crippen LogP contribution in [0.15, 0.2) is 91.0 Å². The molecule has 0 atom stereocenters. The van der Waals surface area contributed by atoms with E-state index in [4.69, 9.17) is 4.74 Å². The first-order valence-electron chi connectivity index (χ1n) is 8.31. The largest absolute Gasteiger partial charge is 0.460 e. The van der Waals surface area contributed by atoms with Gasteiger partial charge in [-0.2, -0.15) is 0 Å². The molecule has 0 aromatic heterocycles. The molecule has 0 spiro atoms. The fraction of sp³-hybridized carbons (Fsp3) is 0.0909. The predicted molar refractivity (Wildman–Crippen MR) is 106 cm³/mol. The standard InChI is InChI=1S/C22H20O2P/c1-2-24-22(23)21(18-12-6-3-7-13-18)25(19-14-8-4-9-15-19)20-16-10-5-11-17-20/h3-17H,2H2,1H3/q+1. The van der Waals surface area contributed by atoms with Gasteiger partial charge in [0.1, 0.15) is 0 Å². The minimum Gasteiger partial charge on any atom is -0.460 e. The Morgan fingerprint density at radius 1 is 0.760 bits per heavy atom. The lowest BCUT2D eigenvalue weighted by Gasteiger charge is -2.06. The Bertz CT molecular complexity index is 815. The Balaban J connectivity index is 2.32. The van der Waals surface area contributed by atoms with E-state index >= 15 is 0 Å². The predicted octanol–water partition coefficient (Wildman–Crippen LogP) is 3.90. The molecule has 0 bridgehead atoms. The van der Waals surface area contributed by atoms with Gasteiger partial charge in [0.15, 0.2) is 18.2 Å². The van der Waals surface area contributed by atoms with Crippen LogP contribution in [-0.2, 0) is 9.53 Å². The molecule has 0 fully saturated rings. The van der Waals surface area contributed by atoms with Crippen molar-refractivity contribution in [2.45, 2.75) is 6.92 Å². The molecule has 3 rings (SSSR count). The summed E-state index contributed by atoms with van der Waals surface area (Å²) in [6, 6.07) is 30.2. The van der Waals surface area contributed by atoms with E-state index in [0.717, 1.165) is 21.5 Å². The van der Waals surface area contributed by atoms with Crippen LogP contribution >= 0.6 is 7.55 Å². The van der Waals surface area contributed by atoms with Gasteiger partial charge in [-0.1, -0.05) is 66.7 Å². The number of ether oxygens (including phenoxy) is 1. The van der Waals surface area contributed by atoms with Crippen molar-refractivity contribution in [2.24, 2.45) is 0 Å². The molecule has 3 aromatic carbocycles. The molecule has 0 radical (unpaired) electrons. The summed E-state index contributed by atoms with van der Waals surface area (Å²) in [6.45, 7) is 2.20. The van der Waals surface area contributed by atoms with Crippen molar-refractivity contribution < 1.29 is 9.53 Å². The van der Waals surface area contributed by atoms with Gasteiger partial charge in [0, 0.05) is 5.56 Å². The topological polar surface area (TPSA) is 26.3 Å². The quantitative estimate of drug-likeness (QED) is 0.517. The van der Waals surface area contributed by atoms with E-state index in [0.29, 0.717) is 6.61 Å². The van der Waals surface area contributed by atoms with Crippen molar-refractivity contribution in [3.8, 4) is 0 Å². The summed E-state index contributed by atoms with van der Waals surface area (Å²) in [6.07, 6.45) is 0. The fourth-order valence-corrected chi connectivity index (χ4v) is 5.10. The van der Waals surface area contributed by atoms with Crippen molar-refractivity contribution in [1.82, 2.24) is 0 Å². The summed E-state index contributed by atoms with van der Waals surface area (Å²) in [5.41, 5.74) is 0.916. The monoisotopic (exact) mass is 347 g/mol. The van der Waals surface area contributed by atoms with Crippen LogP contribution in [0, 0.1) is 0 Å². The maximum Gasteiger partial charge on any atom is 0.382 e. The molecule has 0 aliphatic rings. The van der Waals surface area contributed by atoms with E-state index in [1.54, 1.807) is 0 Å². The molecule has 3 heteroatoms. The fourth-order valence-electron chi connectivity index (χ4n) is 2.70. The van der Waals surface area contributed by atoms with Gasteiger partial charge in [-0.05, 0) is 31.2 Å². The second kappa shape index (κ2) is 8.41.